The van der Waals surface area contributed by atoms with E-state index in [0.29, 0.717) is 31.7 Å². The van der Waals surface area contributed by atoms with Crippen molar-refractivity contribution in [1.29, 1.82) is 0 Å². The van der Waals surface area contributed by atoms with E-state index in [2.05, 4.69) is 4.74 Å². The van der Waals surface area contributed by atoms with Gasteiger partial charge in [-0.3, -0.25) is 9.69 Å². The molecule has 1 N–H and O–H groups in total. The van der Waals surface area contributed by atoms with Crippen LogP contribution < -0.4 is 9.47 Å². The second-order valence-corrected chi connectivity index (χ2v) is 7.46. The third-order valence-electron chi connectivity index (χ3n) is 5.36. The fourth-order valence-corrected chi connectivity index (χ4v) is 3.97. The summed E-state index contributed by atoms with van der Waals surface area (Å²) >= 11 is 0. The smallest absolute Gasteiger partial charge is 0.482 e. The molecule has 158 valence electrons. The molecule has 2 heterocycles. The first-order chi connectivity index (χ1) is 14.2. The molecule has 0 saturated carbocycles. The molecule has 0 radical (unpaired) electrons. The highest BCUT2D eigenvalue weighted by Crippen LogP contribution is 2.43. The van der Waals surface area contributed by atoms with Gasteiger partial charge in [0.05, 0.1) is 6.54 Å². The Bertz CT molecular complexity index is 961. The maximum atomic E-state index is 12.5. The van der Waals surface area contributed by atoms with Gasteiger partial charge in [-0.25, -0.2) is 0 Å². The molecule has 0 unspecified atom stereocenters. The average molecular weight is 419 g/mol. The number of nitrogens with zero attached hydrogens (tertiary/aromatic N) is 1. The molecule has 0 amide bonds. The summed E-state index contributed by atoms with van der Waals surface area (Å²) in [4.78, 5) is 12.9. The Labute approximate surface area is 171 Å². The summed E-state index contributed by atoms with van der Waals surface area (Å²) in [6.07, 6.45) is -1.48. The summed E-state index contributed by atoms with van der Waals surface area (Å²) in [5, 5.41) is 9.02. The molecule has 4 rings (SSSR count). The van der Waals surface area contributed by atoms with Crippen molar-refractivity contribution in [2.75, 3.05) is 19.6 Å². The molecule has 2 aliphatic heterocycles. The number of alkyl halides is 3. The molecule has 1 fully saturated rings. The first kappa shape index (κ1) is 20.3. The summed E-state index contributed by atoms with van der Waals surface area (Å²) in [5.74, 6) is -0.431. The highest BCUT2D eigenvalue weighted by atomic mass is 19.4. The van der Waals surface area contributed by atoms with Gasteiger partial charge < -0.3 is 14.6 Å². The molecule has 0 atom stereocenters. The van der Waals surface area contributed by atoms with Crippen LogP contribution in [0.4, 0.5) is 13.2 Å². The van der Waals surface area contributed by atoms with Crippen molar-refractivity contribution in [2.24, 2.45) is 0 Å². The fraction of sp³-hybridized carbons (Fsp3) is 0.318. The van der Waals surface area contributed by atoms with Crippen molar-refractivity contribution < 1.29 is 32.5 Å². The van der Waals surface area contributed by atoms with Crippen LogP contribution in [0.25, 0.3) is 5.57 Å². The lowest BCUT2D eigenvalue weighted by atomic mass is 9.83. The number of fused-ring (bicyclic) bond motifs is 1. The van der Waals surface area contributed by atoms with E-state index in [9.17, 15) is 18.0 Å². The quantitative estimate of drug-likeness (QED) is 0.800. The van der Waals surface area contributed by atoms with E-state index < -0.39 is 17.9 Å². The Morgan fingerprint density at radius 1 is 1.10 bits per heavy atom. The summed E-state index contributed by atoms with van der Waals surface area (Å²) in [6, 6.07) is 13.3. The van der Waals surface area contributed by atoms with Crippen molar-refractivity contribution >= 4 is 11.5 Å². The van der Waals surface area contributed by atoms with Gasteiger partial charge in [0, 0.05) is 31.5 Å². The molecule has 8 heteroatoms. The van der Waals surface area contributed by atoms with Crippen molar-refractivity contribution in [1.82, 2.24) is 4.90 Å². The van der Waals surface area contributed by atoms with E-state index in [1.807, 2.05) is 35.2 Å². The Hall–Kier alpha value is -3.00. The first-order valence-electron chi connectivity index (χ1n) is 9.55. The highest BCUT2D eigenvalue weighted by molar-refractivity contribution is 5.85. The number of hydrogen-bond acceptors (Lipinski definition) is 4. The Morgan fingerprint density at radius 2 is 1.77 bits per heavy atom. The second kappa shape index (κ2) is 7.68. The average Bonchev–Trinajstić information content (AvgIpc) is 2.68. The number of para-hydroxylation sites is 1. The summed E-state index contributed by atoms with van der Waals surface area (Å²) in [6.45, 7) is 1.15. The van der Waals surface area contributed by atoms with Crippen LogP contribution in [0.3, 0.4) is 0 Å². The SMILES string of the molecule is O=C(O)CN1CCC2(C=C(c3ccc(OC(F)(F)F)cc3)c3ccccc3O2)CC1. The van der Waals surface area contributed by atoms with Crippen LogP contribution in [0.15, 0.2) is 54.6 Å². The van der Waals surface area contributed by atoms with Crippen LogP contribution in [0.1, 0.15) is 24.0 Å². The molecule has 2 aromatic carbocycles. The minimum absolute atomic E-state index is 0.0100. The van der Waals surface area contributed by atoms with E-state index in [0.717, 1.165) is 16.7 Å². The van der Waals surface area contributed by atoms with Crippen LogP contribution in [0, 0.1) is 0 Å². The van der Waals surface area contributed by atoms with Gasteiger partial charge in [-0.2, -0.15) is 0 Å². The van der Waals surface area contributed by atoms with Crippen LogP contribution in [0.2, 0.25) is 0 Å². The number of ether oxygens (including phenoxy) is 2. The number of hydrogen-bond donors (Lipinski definition) is 1. The minimum Gasteiger partial charge on any atom is -0.482 e. The number of carboxylic acids is 1. The number of halogens is 3. The van der Waals surface area contributed by atoms with Crippen LogP contribution >= 0.6 is 0 Å². The molecule has 1 spiro atoms. The van der Waals surface area contributed by atoms with Gasteiger partial charge in [0.15, 0.2) is 0 Å². The van der Waals surface area contributed by atoms with Crippen molar-refractivity contribution in [3.05, 3.63) is 65.7 Å². The highest BCUT2D eigenvalue weighted by Gasteiger charge is 2.39. The molecule has 0 aromatic heterocycles. The Balaban J connectivity index is 1.64. The molecule has 1 saturated heterocycles. The van der Waals surface area contributed by atoms with Gasteiger partial charge in [-0.15, -0.1) is 13.2 Å². The van der Waals surface area contributed by atoms with Crippen LogP contribution in [-0.4, -0.2) is 47.6 Å². The lowest BCUT2D eigenvalue weighted by Crippen LogP contribution is -2.49. The van der Waals surface area contributed by atoms with E-state index in [4.69, 9.17) is 9.84 Å². The standard InChI is InChI=1S/C22H20F3NO4/c23-22(24,25)29-16-7-5-15(6-8-16)18-13-21(30-19-4-2-1-3-17(18)19)9-11-26(12-10-21)14-20(27)28/h1-8,13H,9-12,14H2,(H,27,28). The molecule has 30 heavy (non-hydrogen) atoms. The summed E-state index contributed by atoms with van der Waals surface area (Å²) < 4.78 is 47.7. The van der Waals surface area contributed by atoms with Crippen molar-refractivity contribution in [3.63, 3.8) is 0 Å². The zero-order chi connectivity index (χ0) is 21.4. The molecular weight excluding hydrogens is 399 g/mol. The third-order valence-corrected chi connectivity index (χ3v) is 5.36. The zero-order valence-electron chi connectivity index (χ0n) is 16.0. The molecule has 5 nitrogen and oxygen atoms in total. The molecular formula is C22H20F3NO4. The van der Waals surface area contributed by atoms with Crippen LogP contribution in [-0.2, 0) is 4.79 Å². The van der Waals surface area contributed by atoms with Crippen molar-refractivity contribution in [2.45, 2.75) is 24.8 Å². The topological polar surface area (TPSA) is 59.0 Å². The summed E-state index contributed by atoms with van der Waals surface area (Å²) in [5.41, 5.74) is 1.91. The van der Waals surface area contributed by atoms with E-state index in [-0.39, 0.29) is 12.3 Å². The van der Waals surface area contributed by atoms with Gasteiger partial charge in [0.25, 0.3) is 0 Å². The van der Waals surface area contributed by atoms with Gasteiger partial charge in [-0.1, -0.05) is 30.3 Å². The van der Waals surface area contributed by atoms with Gasteiger partial charge in [-0.05, 0) is 35.4 Å². The number of carbonyl (C=O) groups is 1. The second-order valence-electron chi connectivity index (χ2n) is 7.46. The molecule has 0 bridgehead atoms. The predicted octanol–water partition coefficient (Wildman–Crippen LogP) is 4.33. The van der Waals surface area contributed by atoms with E-state index >= 15 is 0 Å². The number of aliphatic carboxylic acids is 1. The Morgan fingerprint density at radius 3 is 2.40 bits per heavy atom. The molecule has 2 aliphatic rings. The first-order valence-corrected chi connectivity index (χ1v) is 9.55. The fourth-order valence-electron chi connectivity index (χ4n) is 3.97. The number of rotatable bonds is 4. The molecule has 2 aromatic rings. The Kier molecular flexibility index (Phi) is 5.19. The number of likely N-dealkylation sites (tertiary alicyclic amines) is 1. The van der Waals surface area contributed by atoms with Crippen molar-refractivity contribution in [3.8, 4) is 11.5 Å². The third kappa shape index (κ3) is 4.43. The maximum Gasteiger partial charge on any atom is 0.573 e. The largest absolute Gasteiger partial charge is 0.573 e. The predicted molar refractivity (Wildman–Crippen MR) is 103 cm³/mol. The van der Waals surface area contributed by atoms with Gasteiger partial charge in [0.1, 0.15) is 17.1 Å². The summed E-state index contributed by atoms with van der Waals surface area (Å²) in [7, 11) is 0. The van der Waals surface area contributed by atoms with E-state index in [1.54, 1.807) is 12.1 Å². The zero-order valence-corrected chi connectivity index (χ0v) is 16.0. The number of piperidine rings is 1. The lowest BCUT2D eigenvalue weighted by Gasteiger charge is -2.42. The normalized spacial score (nSPS) is 18.3. The van der Waals surface area contributed by atoms with Gasteiger partial charge in [0.2, 0.25) is 0 Å². The number of benzene rings is 2. The monoisotopic (exact) mass is 419 g/mol. The van der Waals surface area contributed by atoms with Gasteiger partial charge >= 0.3 is 12.3 Å². The van der Waals surface area contributed by atoms with E-state index in [1.165, 1.54) is 12.1 Å². The lowest BCUT2D eigenvalue weighted by molar-refractivity contribution is -0.274. The number of carboxylic acid groups (broad SMARTS) is 1. The minimum atomic E-state index is -4.74. The molecule has 0 aliphatic carbocycles. The maximum absolute atomic E-state index is 12.5. The van der Waals surface area contributed by atoms with Crippen LogP contribution in [0.5, 0.6) is 11.5 Å².